The van der Waals surface area contributed by atoms with Crippen molar-refractivity contribution in [2.75, 3.05) is 26.4 Å². The highest BCUT2D eigenvalue weighted by Crippen LogP contribution is 2.43. The highest BCUT2D eigenvalue weighted by molar-refractivity contribution is 7.47. The number of hydrogen-bond acceptors (Lipinski definition) is 8. The van der Waals surface area contributed by atoms with Crippen LogP contribution in [0.25, 0.3) is 0 Å². The fraction of sp³-hybridized carbons (Fsp3) is 0.826. The predicted octanol–water partition coefficient (Wildman–Crippen LogP) is 21.9. The van der Waals surface area contributed by atoms with Gasteiger partial charge in [-0.3, -0.25) is 18.6 Å². The highest BCUT2D eigenvalue weighted by Gasteiger charge is 2.26. The Bertz CT molecular complexity index is 1480. The van der Waals surface area contributed by atoms with Crippen molar-refractivity contribution < 1.29 is 37.6 Å². The molecule has 0 aliphatic heterocycles. The largest absolute Gasteiger partial charge is 0.472 e. The van der Waals surface area contributed by atoms with Crippen LogP contribution >= 0.6 is 7.82 Å². The zero-order valence-electron chi connectivity index (χ0n) is 51.9. The van der Waals surface area contributed by atoms with E-state index in [2.05, 4.69) is 74.6 Å². The average Bonchev–Trinajstić information content (AvgIpc) is 3.44. The van der Waals surface area contributed by atoms with E-state index < -0.39 is 26.5 Å². The summed E-state index contributed by atoms with van der Waals surface area (Å²) in [5, 5.41) is 0. The molecule has 2 atom stereocenters. The van der Waals surface area contributed by atoms with Crippen molar-refractivity contribution in [2.24, 2.45) is 5.73 Å². The second-order valence-electron chi connectivity index (χ2n) is 22.7. The fourth-order valence-corrected chi connectivity index (χ4v) is 10.7. The Balaban J connectivity index is 3.73. The molecular formula is C69H128NO8P. The van der Waals surface area contributed by atoms with Crippen molar-refractivity contribution in [2.45, 2.75) is 341 Å². The maximum atomic E-state index is 12.7. The van der Waals surface area contributed by atoms with Crippen LogP contribution in [0.2, 0.25) is 0 Å². The fourth-order valence-electron chi connectivity index (χ4n) is 9.92. The molecule has 0 spiro atoms. The zero-order chi connectivity index (χ0) is 57.3. The van der Waals surface area contributed by atoms with Crippen LogP contribution in [0.15, 0.2) is 60.8 Å². The topological polar surface area (TPSA) is 134 Å². The van der Waals surface area contributed by atoms with Gasteiger partial charge in [-0.1, -0.05) is 306 Å². The van der Waals surface area contributed by atoms with E-state index in [0.717, 1.165) is 70.6 Å². The third kappa shape index (κ3) is 64.7. The first-order valence-electron chi connectivity index (χ1n) is 33.8. The zero-order valence-corrected chi connectivity index (χ0v) is 52.8. The van der Waals surface area contributed by atoms with Gasteiger partial charge in [-0.2, -0.15) is 0 Å². The van der Waals surface area contributed by atoms with Crippen LogP contribution in [0.5, 0.6) is 0 Å². The Morgan fingerprint density at radius 3 is 1.05 bits per heavy atom. The number of allylic oxidation sites excluding steroid dienone is 10. The average molecular weight is 1130 g/mol. The summed E-state index contributed by atoms with van der Waals surface area (Å²) in [4.78, 5) is 35.2. The van der Waals surface area contributed by atoms with Gasteiger partial charge in [-0.05, 0) is 77.0 Å². The van der Waals surface area contributed by atoms with E-state index >= 15 is 0 Å². The van der Waals surface area contributed by atoms with Crippen LogP contribution in [-0.4, -0.2) is 49.3 Å². The molecule has 9 nitrogen and oxygen atoms in total. The molecule has 0 fully saturated rings. The molecule has 0 aromatic rings. The maximum Gasteiger partial charge on any atom is 0.472 e. The second kappa shape index (κ2) is 64.9. The molecule has 10 heteroatoms. The molecule has 0 aromatic heterocycles. The van der Waals surface area contributed by atoms with E-state index in [1.165, 1.54) is 231 Å². The number of carbonyl (C=O) groups is 2. The van der Waals surface area contributed by atoms with Gasteiger partial charge < -0.3 is 20.1 Å². The monoisotopic (exact) mass is 1130 g/mol. The SMILES string of the molecule is CC/C=C\C/C=C\C/C=C\C/C=C\CCCCCCC(=O)OC(COC(=O)CCCCCCCCCCCCCCCCCCCCCCCCCCCCCCC/C=C\CCCCCCCCCC)COP(=O)(O)OCCN. The van der Waals surface area contributed by atoms with Crippen LogP contribution in [-0.2, 0) is 32.7 Å². The number of phosphoric ester groups is 1. The number of ether oxygens (including phenoxy) is 2. The lowest BCUT2D eigenvalue weighted by Gasteiger charge is -2.19. The first-order valence-corrected chi connectivity index (χ1v) is 35.3. The number of rotatable bonds is 64. The number of carbonyl (C=O) groups excluding carboxylic acids is 2. The third-order valence-corrected chi connectivity index (χ3v) is 15.9. The molecule has 462 valence electrons. The normalized spacial score (nSPS) is 13.3. The molecule has 79 heavy (non-hydrogen) atoms. The summed E-state index contributed by atoms with van der Waals surface area (Å²) in [7, 11) is -4.40. The van der Waals surface area contributed by atoms with Crippen molar-refractivity contribution in [3.63, 3.8) is 0 Å². The van der Waals surface area contributed by atoms with Crippen LogP contribution in [0, 0.1) is 0 Å². The van der Waals surface area contributed by atoms with Crippen LogP contribution in [0.4, 0.5) is 0 Å². The van der Waals surface area contributed by atoms with E-state index in [-0.39, 0.29) is 38.6 Å². The highest BCUT2D eigenvalue weighted by atomic mass is 31.2. The quantitative estimate of drug-likeness (QED) is 0.0264. The van der Waals surface area contributed by atoms with Crippen LogP contribution in [0.3, 0.4) is 0 Å². The lowest BCUT2D eigenvalue weighted by molar-refractivity contribution is -0.161. The van der Waals surface area contributed by atoms with Gasteiger partial charge in [0.25, 0.3) is 0 Å². The first-order chi connectivity index (χ1) is 38.8. The van der Waals surface area contributed by atoms with Gasteiger partial charge in [0.15, 0.2) is 6.10 Å². The molecule has 0 amide bonds. The standard InChI is InChI=1S/C69H128NO8P/c1-3-5-7-9-11-13-15-17-19-21-22-23-24-25-26-27-28-29-30-31-32-33-34-35-36-37-38-39-40-41-42-43-44-46-47-49-51-53-55-57-59-61-68(71)75-65-67(66-77-79(73,74)76-64-63-70)78-69(72)62-60-58-56-54-52-50-48-45-20-18-16-14-12-10-8-6-4-2/h6,8,12,14,18,20-22,48,50,67H,3-5,7,9-11,13,15-17,19,23-47,49,51-66,70H2,1-2H3,(H,73,74)/b8-6-,14-12-,20-18-,22-21-,50-48-. The minimum atomic E-state index is -4.40. The van der Waals surface area contributed by atoms with E-state index in [0.29, 0.717) is 6.42 Å². The number of esters is 2. The summed E-state index contributed by atoms with van der Waals surface area (Å²) in [5.74, 6) is -0.845. The summed E-state index contributed by atoms with van der Waals surface area (Å²) in [6.07, 6.45) is 83.5. The lowest BCUT2D eigenvalue weighted by atomic mass is 10.0. The number of nitrogens with two attached hydrogens (primary N) is 1. The van der Waals surface area contributed by atoms with Gasteiger partial charge in [-0.15, -0.1) is 0 Å². The molecule has 0 saturated heterocycles. The van der Waals surface area contributed by atoms with Crippen LogP contribution < -0.4 is 5.73 Å². The van der Waals surface area contributed by atoms with Gasteiger partial charge in [-0.25, -0.2) is 4.57 Å². The molecular weight excluding hydrogens is 1000 g/mol. The molecule has 0 radical (unpaired) electrons. The Labute approximate surface area is 489 Å². The van der Waals surface area contributed by atoms with E-state index in [4.69, 9.17) is 24.3 Å². The summed E-state index contributed by atoms with van der Waals surface area (Å²) >= 11 is 0. The molecule has 0 aromatic carbocycles. The summed E-state index contributed by atoms with van der Waals surface area (Å²) < 4.78 is 33.0. The third-order valence-electron chi connectivity index (χ3n) is 14.9. The summed E-state index contributed by atoms with van der Waals surface area (Å²) in [5.41, 5.74) is 5.38. The molecule has 0 bridgehead atoms. The minimum absolute atomic E-state index is 0.0483. The van der Waals surface area contributed by atoms with Crippen molar-refractivity contribution in [3.8, 4) is 0 Å². The van der Waals surface area contributed by atoms with Crippen molar-refractivity contribution >= 4 is 19.8 Å². The smallest absolute Gasteiger partial charge is 0.462 e. The van der Waals surface area contributed by atoms with Crippen molar-refractivity contribution in [3.05, 3.63) is 60.8 Å². The maximum absolute atomic E-state index is 12.7. The Morgan fingerprint density at radius 2 is 0.696 bits per heavy atom. The lowest BCUT2D eigenvalue weighted by Crippen LogP contribution is -2.29. The predicted molar refractivity (Wildman–Crippen MR) is 340 cm³/mol. The number of phosphoric acid groups is 1. The minimum Gasteiger partial charge on any atom is -0.462 e. The molecule has 3 N–H and O–H groups in total. The molecule has 0 saturated carbocycles. The molecule has 2 unspecified atom stereocenters. The van der Waals surface area contributed by atoms with E-state index in [9.17, 15) is 19.0 Å². The molecule has 0 aliphatic rings. The molecule has 0 heterocycles. The summed E-state index contributed by atoms with van der Waals surface area (Å²) in [6.45, 7) is 3.63. The molecule has 0 aliphatic carbocycles. The number of hydrogen-bond donors (Lipinski definition) is 2. The first kappa shape index (κ1) is 76.7. The van der Waals surface area contributed by atoms with Gasteiger partial charge in [0.1, 0.15) is 6.61 Å². The second-order valence-corrected chi connectivity index (χ2v) is 24.1. The van der Waals surface area contributed by atoms with Gasteiger partial charge >= 0.3 is 19.8 Å². The van der Waals surface area contributed by atoms with Crippen LogP contribution in [0.1, 0.15) is 335 Å². The Morgan fingerprint density at radius 1 is 0.392 bits per heavy atom. The summed E-state index contributed by atoms with van der Waals surface area (Å²) in [6, 6.07) is 0. The van der Waals surface area contributed by atoms with E-state index in [1.807, 2.05) is 0 Å². The van der Waals surface area contributed by atoms with Gasteiger partial charge in [0.05, 0.1) is 13.2 Å². The van der Waals surface area contributed by atoms with E-state index in [1.54, 1.807) is 0 Å². The van der Waals surface area contributed by atoms with Gasteiger partial charge in [0.2, 0.25) is 0 Å². The number of unbranched alkanes of at least 4 members (excludes halogenated alkanes) is 41. The van der Waals surface area contributed by atoms with Crippen molar-refractivity contribution in [1.29, 1.82) is 0 Å². The van der Waals surface area contributed by atoms with Crippen molar-refractivity contribution in [1.82, 2.24) is 0 Å². The Hall–Kier alpha value is -2.29. The molecule has 0 rings (SSSR count). The Kier molecular flexibility index (Phi) is 63.0. The van der Waals surface area contributed by atoms with Gasteiger partial charge in [0, 0.05) is 19.4 Å².